The second kappa shape index (κ2) is 7.65. The van der Waals surface area contributed by atoms with Gasteiger partial charge in [0.2, 0.25) is 5.91 Å². The third-order valence-corrected chi connectivity index (χ3v) is 2.68. The predicted molar refractivity (Wildman–Crippen MR) is 59.8 cm³/mol. The SMILES string of the molecule is CNCCC(=O)NCCOC1CCCC1. The Morgan fingerprint density at radius 3 is 2.73 bits per heavy atom. The standard InChI is InChI=1S/C11H22N2O2/c1-12-7-6-11(14)13-8-9-15-10-4-2-3-5-10/h10,12H,2-9H2,1H3,(H,13,14). The predicted octanol–water partition coefficient (Wildman–Crippen LogP) is 0.671. The molecule has 1 amide bonds. The van der Waals surface area contributed by atoms with E-state index in [1.54, 1.807) is 0 Å². The Kier molecular flexibility index (Phi) is 6.36. The van der Waals surface area contributed by atoms with Gasteiger partial charge in [-0.25, -0.2) is 0 Å². The van der Waals surface area contributed by atoms with Gasteiger partial charge in [0.25, 0.3) is 0 Å². The Labute approximate surface area is 91.8 Å². The normalized spacial score (nSPS) is 16.9. The lowest BCUT2D eigenvalue weighted by molar-refractivity contribution is -0.121. The van der Waals surface area contributed by atoms with E-state index in [1.165, 1.54) is 25.7 Å². The van der Waals surface area contributed by atoms with Crippen molar-refractivity contribution in [2.75, 3.05) is 26.7 Å². The molecule has 0 aromatic carbocycles. The lowest BCUT2D eigenvalue weighted by atomic mass is 10.3. The second-order valence-corrected chi connectivity index (χ2v) is 3.98. The molecule has 4 nitrogen and oxygen atoms in total. The van der Waals surface area contributed by atoms with Crippen LogP contribution < -0.4 is 10.6 Å². The van der Waals surface area contributed by atoms with Crippen LogP contribution in [0.25, 0.3) is 0 Å². The van der Waals surface area contributed by atoms with E-state index in [4.69, 9.17) is 4.74 Å². The Hall–Kier alpha value is -0.610. The van der Waals surface area contributed by atoms with E-state index in [2.05, 4.69) is 10.6 Å². The third kappa shape index (κ3) is 5.74. The minimum Gasteiger partial charge on any atom is -0.376 e. The molecule has 1 aliphatic rings. The number of carbonyl (C=O) groups excluding carboxylic acids is 1. The maximum absolute atomic E-state index is 11.2. The summed E-state index contributed by atoms with van der Waals surface area (Å²) in [6.45, 7) is 2.02. The number of rotatable bonds is 7. The molecule has 0 unspecified atom stereocenters. The van der Waals surface area contributed by atoms with Gasteiger partial charge in [0.05, 0.1) is 12.7 Å². The van der Waals surface area contributed by atoms with Crippen LogP contribution in [0, 0.1) is 0 Å². The fourth-order valence-corrected chi connectivity index (χ4v) is 1.80. The quantitative estimate of drug-likeness (QED) is 0.612. The van der Waals surface area contributed by atoms with Gasteiger partial charge in [-0.15, -0.1) is 0 Å². The molecule has 0 atom stereocenters. The van der Waals surface area contributed by atoms with E-state index in [0.717, 1.165) is 6.54 Å². The van der Waals surface area contributed by atoms with Crippen molar-refractivity contribution >= 4 is 5.91 Å². The maximum Gasteiger partial charge on any atom is 0.221 e. The minimum absolute atomic E-state index is 0.0966. The van der Waals surface area contributed by atoms with Crippen molar-refractivity contribution in [2.45, 2.75) is 38.2 Å². The topological polar surface area (TPSA) is 50.4 Å². The molecule has 0 radical (unpaired) electrons. The Balaban J connectivity index is 1.89. The van der Waals surface area contributed by atoms with Crippen LogP contribution in [0.3, 0.4) is 0 Å². The highest BCUT2D eigenvalue weighted by Crippen LogP contribution is 2.20. The molecule has 0 aromatic rings. The van der Waals surface area contributed by atoms with Crippen LogP contribution in [0.1, 0.15) is 32.1 Å². The van der Waals surface area contributed by atoms with Gasteiger partial charge in [0.1, 0.15) is 0 Å². The molecule has 4 heteroatoms. The van der Waals surface area contributed by atoms with E-state index in [1.807, 2.05) is 7.05 Å². The van der Waals surface area contributed by atoms with Gasteiger partial charge in [0, 0.05) is 19.5 Å². The largest absolute Gasteiger partial charge is 0.376 e. The van der Waals surface area contributed by atoms with Gasteiger partial charge in [-0.05, 0) is 19.9 Å². The van der Waals surface area contributed by atoms with Crippen molar-refractivity contribution in [3.63, 3.8) is 0 Å². The van der Waals surface area contributed by atoms with E-state index in [9.17, 15) is 4.79 Å². The molecule has 88 valence electrons. The highest BCUT2D eigenvalue weighted by molar-refractivity contribution is 5.75. The fraction of sp³-hybridized carbons (Fsp3) is 0.909. The van der Waals surface area contributed by atoms with Crippen LogP contribution in [0.5, 0.6) is 0 Å². The van der Waals surface area contributed by atoms with Gasteiger partial charge in [0.15, 0.2) is 0 Å². The lowest BCUT2D eigenvalue weighted by Gasteiger charge is -2.11. The first-order valence-corrected chi connectivity index (χ1v) is 5.86. The first-order chi connectivity index (χ1) is 7.33. The summed E-state index contributed by atoms with van der Waals surface area (Å²) in [5.41, 5.74) is 0. The minimum atomic E-state index is 0.0966. The molecule has 0 aliphatic heterocycles. The van der Waals surface area contributed by atoms with Crippen molar-refractivity contribution in [1.82, 2.24) is 10.6 Å². The summed E-state index contributed by atoms with van der Waals surface area (Å²) in [6.07, 6.45) is 5.94. The summed E-state index contributed by atoms with van der Waals surface area (Å²) < 4.78 is 5.63. The van der Waals surface area contributed by atoms with Crippen molar-refractivity contribution in [2.24, 2.45) is 0 Å². The summed E-state index contributed by atoms with van der Waals surface area (Å²) in [5.74, 6) is 0.0966. The number of nitrogens with one attached hydrogen (secondary N) is 2. The zero-order valence-electron chi connectivity index (χ0n) is 9.55. The van der Waals surface area contributed by atoms with Crippen LogP contribution in [0.2, 0.25) is 0 Å². The summed E-state index contributed by atoms with van der Waals surface area (Å²) in [5, 5.41) is 5.78. The molecule has 0 aromatic heterocycles. The van der Waals surface area contributed by atoms with Crippen LogP contribution in [0.15, 0.2) is 0 Å². The molecule has 0 spiro atoms. The van der Waals surface area contributed by atoms with Gasteiger partial charge >= 0.3 is 0 Å². The van der Waals surface area contributed by atoms with E-state index in [-0.39, 0.29) is 5.91 Å². The number of amides is 1. The number of hydrogen-bond acceptors (Lipinski definition) is 3. The van der Waals surface area contributed by atoms with Gasteiger partial charge in [-0.1, -0.05) is 12.8 Å². The number of hydrogen-bond donors (Lipinski definition) is 2. The van der Waals surface area contributed by atoms with E-state index >= 15 is 0 Å². The summed E-state index contributed by atoms with van der Waals surface area (Å²) in [7, 11) is 1.84. The lowest BCUT2D eigenvalue weighted by Crippen LogP contribution is -2.30. The van der Waals surface area contributed by atoms with Crippen LogP contribution in [0.4, 0.5) is 0 Å². The van der Waals surface area contributed by atoms with Crippen LogP contribution in [-0.2, 0) is 9.53 Å². The number of carbonyl (C=O) groups is 1. The monoisotopic (exact) mass is 214 g/mol. The van der Waals surface area contributed by atoms with Crippen molar-refractivity contribution in [1.29, 1.82) is 0 Å². The summed E-state index contributed by atoms with van der Waals surface area (Å²) >= 11 is 0. The highest BCUT2D eigenvalue weighted by atomic mass is 16.5. The van der Waals surface area contributed by atoms with Crippen molar-refractivity contribution < 1.29 is 9.53 Å². The van der Waals surface area contributed by atoms with E-state index < -0.39 is 0 Å². The van der Waals surface area contributed by atoms with Gasteiger partial charge in [-0.2, -0.15) is 0 Å². The van der Waals surface area contributed by atoms with E-state index in [0.29, 0.717) is 25.7 Å². The van der Waals surface area contributed by atoms with Crippen molar-refractivity contribution in [3.05, 3.63) is 0 Å². The number of ether oxygens (including phenoxy) is 1. The van der Waals surface area contributed by atoms with Crippen molar-refractivity contribution in [3.8, 4) is 0 Å². The molecule has 2 N–H and O–H groups in total. The van der Waals surface area contributed by atoms with Gasteiger partial charge in [-0.3, -0.25) is 4.79 Å². The second-order valence-electron chi connectivity index (χ2n) is 3.98. The Morgan fingerprint density at radius 1 is 1.33 bits per heavy atom. The molecule has 0 heterocycles. The van der Waals surface area contributed by atoms with Crippen LogP contribution >= 0.6 is 0 Å². The van der Waals surface area contributed by atoms with Crippen LogP contribution in [-0.4, -0.2) is 38.8 Å². The molecule has 1 aliphatic carbocycles. The molecule has 0 bridgehead atoms. The average molecular weight is 214 g/mol. The summed E-state index contributed by atoms with van der Waals surface area (Å²) in [4.78, 5) is 11.2. The molecule has 1 saturated carbocycles. The molecular weight excluding hydrogens is 192 g/mol. The first kappa shape index (κ1) is 12.5. The zero-order valence-corrected chi connectivity index (χ0v) is 9.55. The molecule has 15 heavy (non-hydrogen) atoms. The third-order valence-electron chi connectivity index (χ3n) is 2.68. The first-order valence-electron chi connectivity index (χ1n) is 5.86. The smallest absolute Gasteiger partial charge is 0.221 e. The Bertz CT molecular complexity index is 179. The molecule has 1 fully saturated rings. The maximum atomic E-state index is 11.2. The highest BCUT2D eigenvalue weighted by Gasteiger charge is 2.14. The summed E-state index contributed by atoms with van der Waals surface area (Å²) in [6, 6.07) is 0. The average Bonchev–Trinajstić information content (AvgIpc) is 2.74. The molecule has 0 saturated heterocycles. The molecule has 1 rings (SSSR count). The Morgan fingerprint density at radius 2 is 2.07 bits per heavy atom. The molecular formula is C11H22N2O2. The van der Waals surface area contributed by atoms with Gasteiger partial charge < -0.3 is 15.4 Å². The zero-order chi connectivity index (χ0) is 10.9. The fourth-order valence-electron chi connectivity index (χ4n) is 1.80.